The molecule has 0 spiro atoms. The molecule has 0 aliphatic heterocycles. The highest BCUT2D eigenvalue weighted by atomic mass is 35.5. The van der Waals surface area contributed by atoms with Crippen molar-refractivity contribution in [1.82, 2.24) is 14.7 Å². The summed E-state index contributed by atoms with van der Waals surface area (Å²) in [4.78, 5) is 14.2. The van der Waals surface area contributed by atoms with E-state index in [1.165, 1.54) is 0 Å². The lowest BCUT2D eigenvalue weighted by atomic mass is 10.0. The van der Waals surface area contributed by atoms with E-state index in [9.17, 15) is 4.79 Å². The lowest BCUT2D eigenvalue weighted by Crippen LogP contribution is -2.27. The predicted molar refractivity (Wildman–Crippen MR) is 84.6 cm³/mol. The molecule has 0 radical (unpaired) electrons. The second-order valence-corrected chi connectivity index (χ2v) is 5.67. The minimum absolute atomic E-state index is 0.0189. The molecule has 1 aromatic heterocycles. The molecule has 2 rings (SSSR count). The Balaban J connectivity index is 2.17. The fourth-order valence-corrected chi connectivity index (χ4v) is 2.47. The number of aromatic nitrogens is 2. The number of aryl methyl sites for hydroxylation is 3. The molecular formula is C16H20ClN3O. The van der Waals surface area contributed by atoms with E-state index in [-0.39, 0.29) is 5.91 Å². The van der Waals surface area contributed by atoms with Gasteiger partial charge in [-0.1, -0.05) is 29.3 Å². The van der Waals surface area contributed by atoms with Crippen molar-refractivity contribution in [3.8, 4) is 0 Å². The molecule has 1 amide bonds. The minimum atomic E-state index is -0.0189. The van der Waals surface area contributed by atoms with Crippen LogP contribution in [-0.2, 0) is 13.1 Å². The maximum Gasteiger partial charge on any atom is 0.254 e. The first-order chi connectivity index (χ1) is 9.92. The van der Waals surface area contributed by atoms with Crippen LogP contribution < -0.4 is 0 Å². The van der Waals surface area contributed by atoms with Crippen molar-refractivity contribution >= 4 is 17.5 Å². The first kappa shape index (κ1) is 15.6. The summed E-state index contributed by atoms with van der Waals surface area (Å²) in [7, 11) is 1.77. The lowest BCUT2D eigenvalue weighted by molar-refractivity contribution is 0.0782. The average molecular weight is 306 g/mol. The number of benzene rings is 1. The minimum Gasteiger partial charge on any atom is -0.336 e. The van der Waals surface area contributed by atoms with Gasteiger partial charge >= 0.3 is 0 Å². The van der Waals surface area contributed by atoms with Crippen molar-refractivity contribution in [3.63, 3.8) is 0 Å². The van der Waals surface area contributed by atoms with Crippen LogP contribution in [0.15, 0.2) is 24.4 Å². The van der Waals surface area contributed by atoms with Gasteiger partial charge < -0.3 is 4.90 Å². The Bertz CT molecular complexity index is 664. The maximum atomic E-state index is 12.5. The fraction of sp³-hybridized carbons (Fsp3) is 0.375. The molecule has 0 bridgehead atoms. The van der Waals surface area contributed by atoms with Gasteiger partial charge in [0.15, 0.2) is 0 Å². The van der Waals surface area contributed by atoms with Crippen LogP contribution in [0.3, 0.4) is 0 Å². The molecule has 112 valence electrons. The summed E-state index contributed by atoms with van der Waals surface area (Å²) < 4.78 is 1.77. The average Bonchev–Trinajstić information content (AvgIpc) is 2.78. The summed E-state index contributed by atoms with van der Waals surface area (Å²) in [5, 5.41) is 4.97. The number of carbonyl (C=O) groups excluding carboxylic acids is 1. The van der Waals surface area contributed by atoms with E-state index >= 15 is 0 Å². The van der Waals surface area contributed by atoms with Crippen LogP contribution in [0.4, 0.5) is 0 Å². The second-order valence-electron chi connectivity index (χ2n) is 5.26. The Hall–Kier alpha value is -1.81. The van der Waals surface area contributed by atoms with E-state index in [1.807, 2.05) is 39.0 Å². The molecule has 0 saturated carbocycles. The molecule has 4 nitrogen and oxygen atoms in total. The van der Waals surface area contributed by atoms with E-state index in [1.54, 1.807) is 22.8 Å². The molecule has 0 atom stereocenters. The van der Waals surface area contributed by atoms with Crippen molar-refractivity contribution < 1.29 is 4.79 Å². The summed E-state index contributed by atoms with van der Waals surface area (Å²) in [5.74, 6) is -0.0189. The first-order valence-corrected chi connectivity index (χ1v) is 7.34. The molecule has 21 heavy (non-hydrogen) atoms. The van der Waals surface area contributed by atoms with E-state index in [0.717, 1.165) is 23.4 Å². The van der Waals surface area contributed by atoms with Gasteiger partial charge in [0, 0.05) is 25.4 Å². The molecule has 1 aromatic carbocycles. The van der Waals surface area contributed by atoms with E-state index in [2.05, 4.69) is 5.10 Å². The highest BCUT2D eigenvalue weighted by Gasteiger charge is 2.17. The van der Waals surface area contributed by atoms with Crippen molar-refractivity contribution in [2.45, 2.75) is 33.9 Å². The van der Waals surface area contributed by atoms with Gasteiger partial charge in [-0.3, -0.25) is 9.48 Å². The number of nitrogens with zero attached hydrogens (tertiary/aromatic N) is 3. The fourth-order valence-electron chi connectivity index (χ4n) is 2.26. The molecule has 0 fully saturated rings. The summed E-state index contributed by atoms with van der Waals surface area (Å²) >= 11 is 6.15. The number of halogens is 1. The van der Waals surface area contributed by atoms with E-state index in [4.69, 9.17) is 11.6 Å². The molecule has 0 unspecified atom stereocenters. The van der Waals surface area contributed by atoms with Gasteiger partial charge in [-0.25, -0.2) is 0 Å². The summed E-state index contributed by atoms with van der Waals surface area (Å²) in [6.45, 7) is 7.12. The Kier molecular flexibility index (Phi) is 4.68. The van der Waals surface area contributed by atoms with Crippen LogP contribution in [0.1, 0.15) is 34.1 Å². The molecule has 1 heterocycles. The van der Waals surface area contributed by atoms with Crippen molar-refractivity contribution in [2.24, 2.45) is 0 Å². The highest BCUT2D eigenvalue weighted by Crippen LogP contribution is 2.18. The molecule has 0 aliphatic carbocycles. The van der Waals surface area contributed by atoms with E-state index in [0.29, 0.717) is 17.1 Å². The summed E-state index contributed by atoms with van der Waals surface area (Å²) in [6, 6.07) is 5.84. The number of hydrogen-bond donors (Lipinski definition) is 0. The standard InChI is InChI=1S/C16H20ClN3O/c1-5-20-9-14(17)15(18-20)10-19(4)16(21)13-7-6-11(2)8-12(13)3/h6-9H,5,10H2,1-4H3. The Labute approximate surface area is 130 Å². The molecule has 5 heteroatoms. The van der Waals surface area contributed by atoms with Gasteiger partial charge in [-0.05, 0) is 32.4 Å². The van der Waals surface area contributed by atoms with Gasteiger partial charge in [-0.2, -0.15) is 5.10 Å². The SMILES string of the molecule is CCn1cc(Cl)c(CN(C)C(=O)c2ccc(C)cc2C)n1. The number of amides is 1. The molecule has 0 saturated heterocycles. The second kappa shape index (κ2) is 6.31. The lowest BCUT2D eigenvalue weighted by Gasteiger charge is -2.17. The Morgan fingerprint density at radius 1 is 1.38 bits per heavy atom. The highest BCUT2D eigenvalue weighted by molar-refractivity contribution is 6.31. The Morgan fingerprint density at radius 2 is 2.10 bits per heavy atom. The summed E-state index contributed by atoms with van der Waals surface area (Å²) in [6.07, 6.45) is 1.78. The molecule has 0 N–H and O–H groups in total. The first-order valence-electron chi connectivity index (χ1n) is 6.97. The third-order valence-corrected chi connectivity index (χ3v) is 3.77. The van der Waals surface area contributed by atoms with Crippen molar-refractivity contribution in [3.05, 3.63) is 51.8 Å². The van der Waals surface area contributed by atoms with Crippen LogP contribution in [0.5, 0.6) is 0 Å². The van der Waals surface area contributed by atoms with Gasteiger partial charge in [0.05, 0.1) is 11.6 Å². The number of hydrogen-bond acceptors (Lipinski definition) is 2. The van der Waals surface area contributed by atoms with Crippen molar-refractivity contribution in [1.29, 1.82) is 0 Å². The van der Waals surface area contributed by atoms with Crippen LogP contribution in [0, 0.1) is 13.8 Å². The molecule has 2 aromatic rings. The zero-order valence-electron chi connectivity index (χ0n) is 12.9. The normalized spacial score (nSPS) is 10.7. The third kappa shape index (κ3) is 3.45. The van der Waals surface area contributed by atoms with Crippen molar-refractivity contribution in [2.75, 3.05) is 7.05 Å². The zero-order chi connectivity index (χ0) is 15.6. The van der Waals surface area contributed by atoms with E-state index < -0.39 is 0 Å². The number of carbonyl (C=O) groups is 1. The Morgan fingerprint density at radius 3 is 2.67 bits per heavy atom. The smallest absolute Gasteiger partial charge is 0.254 e. The molecular weight excluding hydrogens is 286 g/mol. The third-order valence-electron chi connectivity index (χ3n) is 3.46. The largest absolute Gasteiger partial charge is 0.336 e. The van der Waals surface area contributed by atoms with Gasteiger partial charge in [0.1, 0.15) is 5.69 Å². The van der Waals surface area contributed by atoms with Crippen LogP contribution >= 0.6 is 11.6 Å². The number of rotatable bonds is 4. The van der Waals surface area contributed by atoms with Crippen LogP contribution in [0.2, 0.25) is 5.02 Å². The zero-order valence-corrected chi connectivity index (χ0v) is 13.6. The molecule has 0 aliphatic rings. The van der Waals surface area contributed by atoms with Gasteiger partial charge in [0.2, 0.25) is 0 Å². The quantitative estimate of drug-likeness (QED) is 0.868. The van der Waals surface area contributed by atoms with Gasteiger partial charge in [0.25, 0.3) is 5.91 Å². The summed E-state index contributed by atoms with van der Waals surface area (Å²) in [5.41, 5.74) is 3.57. The predicted octanol–water partition coefficient (Wildman–Crippen LogP) is 3.45. The monoisotopic (exact) mass is 305 g/mol. The van der Waals surface area contributed by atoms with Crippen LogP contribution in [-0.4, -0.2) is 27.6 Å². The van der Waals surface area contributed by atoms with Crippen LogP contribution in [0.25, 0.3) is 0 Å². The van der Waals surface area contributed by atoms with Gasteiger partial charge in [-0.15, -0.1) is 0 Å². The topological polar surface area (TPSA) is 38.1 Å². The maximum absolute atomic E-state index is 12.5.